The highest BCUT2D eigenvalue weighted by molar-refractivity contribution is 5.85. The molecule has 6 heteroatoms. The fourth-order valence-electron chi connectivity index (χ4n) is 1.14. The molecule has 1 aromatic rings. The second-order valence-corrected chi connectivity index (χ2v) is 3.12. The van der Waals surface area contributed by atoms with Gasteiger partial charge < -0.3 is 11.5 Å². The minimum atomic E-state index is -0.424. The summed E-state index contributed by atoms with van der Waals surface area (Å²) >= 11 is 0. The predicted molar refractivity (Wildman–Crippen MR) is 61.1 cm³/mol. The number of halogens is 1. The van der Waals surface area contributed by atoms with Gasteiger partial charge in [-0.05, 0) is 12.0 Å². The van der Waals surface area contributed by atoms with E-state index in [2.05, 4.69) is 0 Å². The number of nitro benzene ring substituents is 1. The van der Waals surface area contributed by atoms with Crippen LogP contribution < -0.4 is 11.5 Å². The molecule has 5 nitrogen and oxygen atoms in total. The van der Waals surface area contributed by atoms with Crippen molar-refractivity contribution in [2.45, 2.75) is 12.5 Å². The Morgan fingerprint density at radius 3 is 2.27 bits per heavy atom. The molecule has 0 aliphatic heterocycles. The van der Waals surface area contributed by atoms with Crippen LogP contribution in [-0.4, -0.2) is 17.5 Å². The van der Waals surface area contributed by atoms with E-state index in [0.717, 1.165) is 5.56 Å². The van der Waals surface area contributed by atoms with E-state index in [0.29, 0.717) is 13.0 Å². The Morgan fingerprint density at radius 1 is 1.33 bits per heavy atom. The zero-order valence-corrected chi connectivity index (χ0v) is 8.94. The lowest BCUT2D eigenvalue weighted by atomic mass is 10.1. The molecule has 15 heavy (non-hydrogen) atoms. The quantitative estimate of drug-likeness (QED) is 0.593. The van der Waals surface area contributed by atoms with Gasteiger partial charge >= 0.3 is 0 Å². The molecule has 0 aliphatic carbocycles. The van der Waals surface area contributed by atoms with Gasteiger partial charge in [0.05, 0.1) is 4.92 Å². The number of nitrogens with zero attached hydrogens (tertiary/aromatic N) is 1. The Bertz CT molecular complexity index is 316. The summed E-state index contributed by atoms with van der Waals surface area (Å²) in [6, 6.07) is 6.26. The zero-order valence-electron chi connectivity index (χ0n) is 8.13. The molecule has 1 atom stereocenters. The van der Waals surface area contributed by atoms with Gasteiger partial charge in [-0.25, -0.2) is 0 Å². The normalized spacial score (nSPS) is 11.6. The number of nitro groups is 1. The Hall–Kier alpha value is -1.17. The maximum absolute atomic E-state index is 10.4. The van der Waals surface area contributed by atoms with Gasteiger partial charge in [0.2, 0.25) is 0 Å². The molecule has 0 aliphatic rings. The predicted octanol–water partition coefficient (Wildman–Crippen LogP) is 0.845. The summed E-state index contributed by atoms with van der Waals surface area (Å²) in [7, 11) is 0. The van der Waals surface area contributed by atoms with E-state index in [9.17, 15) is 10.1 Å². The molecular weight excluding hydrogens is 218 g/mol. The SMILES string of the molecule is Cl.NCC(N)Cc1ccc([N+](=O)[O-])cc1. The third-order valence-corrected chi connectivity index (χ3v) is 1.95. The highest BCUT2D eigenvalue weighted by Gasteiger charge is 2.05. The highest BCUT2D eigenvalue weighted by atomic mass is 35.5. The first-order valence-electron chi connectivity index (χ1n) is 4.32. The summed E-state index contributed by atoms with van der Waals surface area (Å²) in [6.07, 6.45) is 0.647. The third-order valence-electron chi connectivity index (χ3n) is 1.95. The fraction of sp³-hybridized carbons (Fsp3) is 0.333. The summed E-state index contributed by atoms with van der Waals surface area (Å²) in [5.41, 5.74) is 12.1. The molecule has 0 aromatic heterocycles. The van der Waals surface area contributed by atoms with Crippen molar-refractivity contribution in [3.05, 3.63) is 39.9 Å². The molecule has 0 spiro atoms. The van der Waals surface area contributed by atoms with Crippen molar-refractivity contribution in [2.75, 3.05) is 6.54 Å². The second kappa shape index (κ2) is 6.34. The minimum absolute atomic E-state index is 0. The molecule has 4 N–H and O–H groups in total. The molecule has 1 unspecified atom stereocenters. The standard InChI is InChI=1S/C9H13N3O2.ClH/c10-6-8(11)5-7-1-3-9(4-2-7)12(13)14;/h1-4,8H,5-6,10-11H2;1H. The maximum Gasteiger partial charge on any atom is 0.269 e. The summed E-state index contributed by atoms with van der Waals surface area (Å²) in [6.45, 7) is 0.414. The van der Waals surface area contributed by atoms with Gasteiger partial charge in [0.1, 0.15) is 0 Å². The van der Waals surface area contributed by atoms with Crippen LogP contribution in [0.15, 0.2) is 24.3 Å². The van der Waals surface area contributed by atoms with E-state index < -0.39 is 4.92 Å². The Morgan fingerprint density at radius 2 is 1.87 bits per heavy atom. The van der Waals surface area contributed by atoms with Crippen LogP contribution in [0.2, 0.25) is 0 Å². The molecule has 0 fully saturated rings. The molecule has 1 rings (SSSR count). The first-order valence-corrected chi connectivity index (χ1v) is 4.32. The van der Waals surface area contributed by atoms with Gasteiger partial charge in [-0.2, -0.15) is 0 Å². The van der Waals surface area contributed by atoms with Crippen molar-refractivity contribution < 1.29 is 4.92 Å². The molecule has 0 amide bonds. The zero-order chi connectivity index (χ0) is 10.6. The van der Waals surface area contributed by atoms with Crippen molar-refractivity contribution in [3.63, 3.8) is 0 Å². The van der Waals surface area contributed by atoms with Crippen LogP contribution in [0, 0.1) is 10.1 Å². The monoisotopic (exact) mass is 231 g/mol. The van der Waals surface area contributed by atoms with E-state index >= 15 is 0 Å². The van der Waals surface area contributed by atoms with E-state index in [-0.39, 0.29) is 24.1 Å². The molecule has 84 valence electrons. The molecule has 0 radical (unpaired) electrons. The Labute approximate surface area is 94.0 Å². The summed E-state index contributed by atoms with van der Waals surface area (Å²) in [5.74, 6) is 0. The van der Waals surface area contributed by atoms with E-state index in [4.69, 9.17) is 11.5 Å². The van der Waals surface area contributed by atoms with Crippen molar-refractivity contribution >= 4 is 18.1 Å². The molecular formula is C9H14ClN3O2. The van der Waals surface area contributed by atoms with Crippen LogP contribution in [0.5, 0.6) is 0 Å². The fourth-order valence-corrected chi connectivity index (χ4v) is 1.14. The van der Waals surface area contributed by atoms with Gasteiger partial charge in [-0.15, -0.1) is 12.4 Å². The summed E-state index contributed by atoms with van der Waals surface area (Å²) in [5, 5.41) is 10.4. The first-order chi connectivity index (χ1) is 6.63. The Kier molecular flexibility index (Phi) is 5.84. The van der Waals surface area contributed by atoms with Crippen LogP contribution in [0.4, 0.5) is 5.69 Å². The van der Waals surface area contributed by atoms with E-state index in [1.54, 1.807) is 12.1 Å². The minimum Gasteiger partial charge on any atom is -0.329 e. The van der Waals surface area contributed by atoms with Crippen LogP contribution in [-0.2, 0) is 6.42 Å². The molecule has 0 bridgehead atoms. The van der Waals surface area contributed by atoms with Crippen molar-refractivity contribution in [3.8, 4) is 0 Å². The topological polar surface area (TPSA) is 95.2 Å². The molecule has 1 aromatic carbocycles. The van der Waals surface area contributed by atoms with Crippen LogP contribution in [0.3, 0.4) is 0 Å². The smallest absolute Gasteiger partial charge is 0.269 e. The first kappa shape index (κ1) is 13.8. The summed E-state index contributed by atoms with van der Waals surface area (Å²) in [4.78, 5) is 9.93. The van der Waals surface area contributed by atoms with Crippen molar-refractivity contribution in [1.29, 1.82) is 0 Å². The third kappa shape index (κ3) is 4.24. The van der Waals surface area contributed by atoms with Crippen LogP contribution >= 0.6 is 12.4 Å². The molecule has 0 saturated heterocycles. The number of rotatable bonds is 4. The number of benzene rings is 1. The number of hydrogen-bond donors (Lipinski definition) is 2. The average molecular weight is 232 g/mol. The van der Waals surface area contributed by atoms with Crippen molar-refractivity contribution in [1.82, 2.24) is 0 Å². The lowest BCUT2D eigenvalue weighted by molar-refractivity contribution is -0.384. The van der Waals surface area contributed by atoms with E-state index in [1.807, 2.05) is 0 Å². The van der Waals surface area contributed by atoms with Gasteiger partial charge in [-0.1, -0.05) is 12.1 Å². The van der Waals surface area contributed by atoms with Gasteiger partial charge in [-0.3, -0.25) is 10.1 Å². The van der Waals surface area contributed by atoms with E-state index in [1.165, 1.54) is 12.1 Å². The Balaban J connectivity index is 0.00000196. The lowest BCUT2D eigenvalue weighted by Crippen LogP contribution is -2.31. The number of nitrogens with two attached hydrogens (primary N) is 2. The number of non-ortho nitro benzene ring substituents is 1. The van der Waals surface area contributed by atoms with Crippen LogP contribution in [0.1, 0.15) is 5.56 Å². The van der Waals surface area contributed by atoms with Gasteiger partial charge in [0.25, 0.3) is 5.69 Å². The van der Waals surface area contributed by atoms with Crippen molar-refractivity contribution in [2.24, 2.45) is 11.5 Å². The summed E-state index contributed by atoms with van der Waals surface area (Å²) < 4.78 is 0. The molecule has 0 saturated carbocycles. The van der Waals surface area contributed by atoms with Crippen LogP contribution in [0.25, 0.3) is 0 Å². The lowest BCUT2D eigenvalue weighted by Gasteiger charge is -2.07. The van der Waals surface area contributed by atoms with Gasteiger partial charge in [0, 0.05) is 24.7 Å². The largest absolute Gasteiger partial charge is 0.329 e. The second-order valence-electron chi connectivity index (χ2n) is 3.12. The highest BCUT2D eigenvalue weighted by Crippen LogP contribution is 2.12. The average Bonchev–Trinajstić information content (AvgIpc) is 2.18. The maximum atomic E-state index is 10.4. The molecule has 0 heterocycles. The number of hydrogen-bond acceptors (Lipinski definition) is 4. The van der Waals surface area contributed by atoms with Gasteiger partial charge in [0.15, 0.2) is 0 Å².